The summed E-state index contributed by atoms with van der Waals surface area (Å²) in [6.45, 7) is 9.84. The summed E-state index contributed by atoms with van der Waals surface area (Å²) >= 11 is 0. The van der Waals surface area contributed by atoms with E-state index in [9.17, 15) is 0 Å². The van der Waals surface area contributed by atoms with Crippen molar-refractivity contribution < 1.29 is 9.26 Å². The summed E-state index contributed by atoms with van der Waals surface area (Å²) in [5.74, 6) is 1.39. The van der Waals surface area contributed by atoms with Crippen molar-refractivity contribution in [3.05, 3.63) is 11.7 Å². The van der Waals surface area contributed by atoms with Gasteiger partial charge in [-0.05, 0) is 18.9 Å². The minimum absolute atomic E-state index is 0.0998. The molecule has 108 valence electrons. The minimum Gasteiger partial charge on any atom is -0.367 e. The molecule has 1 unspecified atom stereocenters. The van der Waals surface area contributed by atoms with Crippen molar-refractivity contribution in [3.63, 3.8) is 0 Å². The average molecular weight is 268 g/mol. The Hall–Kier alpha value is -0.980. The summed E-state index contributed by atoms with van der Waals surface area (Å²) in [6, 6.07) is -0.211. The second kappa shape index (κ2) is 6.45. The molecule has 0 amide bonds. The number of nitrogens with two attached hydrogens (primary N) is 1. The number of aromatic nitrogens is 2. The van der Waals surface area contributed by atoms with Gasteiger partial charge in [-0.25, -0.2) is 0 Å². The Labute approximate surface area is 114 Å². The molecule has 6 nitrogen and oxygen atoms in total. The first kappa shape index (κ1) is 14.4. The number of ether oxygens (including phenoxy) is 1. The first-order chi connectivity index (χ1) is 9.11. The smallest absolute Gasteiger partial charge is 0.243 e. The fourth-order valence-electron chi connectivity index (χ4n) is 2.18. The van der Waals surface area contributed by atoms with Gasteiger partial charge in [0.1, 0.15) is 6.10 Å². The standard InChI is InChI=1S/C13H24N4O2/c1-4-5-17-6-7-18-10(8-17)12-15-13(19-16-12)11(14)9(2)3/h9-11H,4-8,14H2,1-3H3/t10?,11-/m1/s1. The van der Waals surface area contributed by atoms with E-state index in [0.29, 0.717) is 18.3 Å². The second-order valence-corrected chi connectivity index (χ2v) is 5.42. The van der Waals surface area contributed by atoms with Crippen molar-refractivity contribution in [2.75, 3.05) is 26.2 Å². The van der Waals surface area contributed by atoms with Crippen LogP contribution in [-0.2, 0) is 4.74 Å². The highest BCUT2D eigenvalue weighted by atomic mass is 16.5. The van der Waals surface area contributed by atoms with Crippen LogP contribution in [0.1, 0.15) is 51.1 Å². The van der Waals surface area contributed by atoms with Gasteiger partial charge in [-0.2, -0.15) is 4.98 Å². The van der Waals surface area contributed by atoms with Crippen molar-refractivity contribution in [1.82, 2.24) is 15.0 Å². The van der Waals surface area contributed by atoms with E-state index >= 15 is 0 Å². The molecular weight excluding hydrogens is 244 g/mol. The van der Waals surface area contributed by atoms with E-state index in [1.807, 2.05) is 13.8 Å². The van der Waals surface area contributed by atoms with Gasteiger partial charge in [0.05, 0.1) is 12.6 Å². The van der Waals surface area contributed by atoms with Crippen LogP contribution in [-0.4, -0.2) is 41.3 Å². The molecule has 0 aliphatic carbocycles. The molecule has 1 aromatic heterocycles. The molecule has 0 aromatic carbocycles. The average Bonchev–Trinajstić information content (AvgIpc) is 2.88. The number of nitrogens with zero attached hydrogens (tertiary/aromatic N) is 3. The van der Waals surface area contributed by atoms with E-state index in [2.05, 4.69) is 22.0 Å². The first-order valence-electron chi connectivity index (χ1n) is 7.04. The first-order valence-corrected chi connectivity index (χ1v) is 7.04. The Bertz CT molecular complexity index is 392. The lowest BCUT2D eigenvalue weighted by atomic mass is 10.1. The molecule has 1 aromatic rings. The summed E-state index contributed by atoms with van der Waals surface area (Å²) in [5, 5.41) is 4.02. The van der Waals surface area contributed by atoms with Gasteiger partial charge in [0.2, 0.25) is 11.7 Å². The van der Waals surface area contributed by atoms with Crippen LogP contribution < -0.4 is 5.73 Å². The van der Waals surface area contributed by atoms with Crippen molar-refractivity contribution >= 4 is 0 Å². The third kappa shape index (κ3) is 3.52. The lowest BCUT2D eigenvalue weighted by molar-refractivity contribution is -0.0350. The SMILES string of the molecule is CCCN1CCOC(c2noc([C@H](N)C(C)C)n2)C1. The summed E-state index contributed by atoms with van der Waals surface area (Å²) in [6.07, 6.45) is 1.04. The van der Waals surface area contributed by atoms with Gasteiger partial charge < -0.3 is 15.0 Å². The van der Waals surface area contributed by atoms with Gasteiger partial charge in [0, 0.05) is 13.1 Å². The highest BCUT2D eigenvalue weighted by Gasteiger charge is 2.27. The van der Waals surface area contributed by atoms with Gasteiger partial charge >= 0.3 is 0 Å². The monoisotopic (exact) mass is 268 g/mol. The summed E-state index contributed by atoms with van der Waals surface area (Å²) in [7, 11) is 0. The molecule has 0 bridgehead atoms. The Morgan fingerprint density at radius 2 is 2.26 bits per heavy atom. The zero-order valence-electron chi connectivity index (χ0n) is 12.0. The fourth-order valence-corrected chi connectivity index (χ4v) is 2.18. The summed E-state index contributed by atoms with van der Waals surface area (Å²) < 4.78 is 11.0. The normalized spacial score (nSPS) is 22.9. The van der Waals surface area contributed by atoms with Crippen LogP contribution in [0.15, 0.2) is 4.52 Å². The zero-order chi connectivity index (χ0) is 13.8. The highest BCUT2D eigenvalue weighted by Crippen LogP contribution is 2.23. The van der Waals surface area contributed by atoms with Crippen LogP contribution in [0.5, 0.6) is 0 Å². The summed E-state index contributed by atoms with van der Waals surface area (Å²) in [5.41, 5.74) is 6.01. The topological polar surface area (TPSA) is 77.4 Å². The number of hydrogen-bond donors (Lipinski definition) is 1. The van der Waals surface area contributed by atoms with Crippen molar-refractivity contribution in [1.29, 1.82) is 0 Å². The van der Waals surface area contributed by atoms with Crippen LogP contribution in [0.3, 0.4) is 0 Å². The van der Waals surface area contributed by atoms with Gasteiger partial charge in [0.25, 0.3) is 0 Å². The lowest BCUT2D eigenvalue weighted by Gasteiger charge is -2.30. The summed E-state index contributed by atoms with van der Waals surface area (Å²) in [4.78, 5) is 6.76. The lowest BCUT2D eigenvalue weighted by Crippen LogP contribution is -2.39. The van der Waals surface area contributed by atoms with E-state index in [0.717, 1.165) is 26.1 Å². The molecule has 1 aliphatic rings. The molecule has 0 saturated carbocycles. The van der Waals surface area contributed by atoms with Crippen LogP contribution >= 0.6 is 0 Å². The number of rotatable bonds is 5. The molecule has 2 atom stereocenters. The van der Waals surface area contributed by atoms with Crippen LogP contribution in [0.25, 0.3) is 0 Å². The highest BCUT2D eigenvalue weighted by molar-refractivity contribution is 4.97. The van der Waals surface area contributed by atoms with Gasteiger partial charge in [0.15, 0.2) is 0 Å². The maximum Gasteiger partial charge on any atom is 0.243 e. The molecule has 19 heavy (non-hydrogen) atoms. The fraction of sp³-hybridized carbons (Fsp3) is 0.846. The Morgan fingerprint density at radius 3 is 2.95 bits per heavy atom. The molecule has 1 saturated heterocycles. The van der Waals surface area contributed by atoms with Gasteiger partial charge in [-0.3, -0.25) is 4.90 Å². The van der Waals surface area contributed by atoms with Gasteiger partial charge in [-0.1, -0.05) is 25.9 Å². The molecule has 2 rings (SSSR count). The molecule has 2 N–H and O–H groups in total. The van der Waals surface area contributed by atoms with E-state index in [-0.39, 0.29) is 18.1 Å². The van der Waals surface area contributed by atoms with Crippen LogP contribution in [0.2, 0.25) is 0 Å². The van der Waals surface area contributed by atoms with E-state index in [1.165, 1.54) is 0 Å². The van der Waals surface area contributed by atoms with E-state index in [4.69, 9.17) is 15.0 Å². The number of hydrogen-bond acceptors (Lipinski definition) is 6. The van der Waals surface area contributed by atoms with Crippen molar-refractivity contribution in [2.45, 2.75) is 39.3 Å². The molecular formula is C13H24N4O2. The molecule has 1 aliphatic heterocycles. The quantitative estimate of drug-likeness (QED) is 0.872. The Balaban J connectivity index is 2.01. The Kier molecular flexibility index (Phi) is 4.90. The maximum absolute atomic E-state index is 6.01. The molecule has 0 radical (unpaired) electrons. The van der Waals surface area contributed by atoms with Crippen molar-refractivity contribution in [3.8, 4) is 0 Å². The third-order valence-electron chi connectivity index (χ3n) is 3.44. The molecule has 0 spiro atoms. The third-order valence-corrected chi connectivity index (χ3v) is 3.44. The van der Waals surface area contributed by atoms with Crippen LogP contribution in [0, 0.1) is 5.92 Å². The van der Waals surface area contributed by atoms with E-state index < -0.39 is 0 Å². The van der Waals surface area contributed by atoms with Crippen molar-refractivity contribution in [2.24, 2.45) is 11.7 Å². The van der Waals surface area contributed by atoms with Gasteiger partial charge in [-0.15, -0.1) is 0 Å². The zero-order valence-corrected chi connectivity index (χ0v) is 12.0. The molecule has 2 heterocycles. The minimum atomic E-state index is -0.211. The predicted octanol–water partition coefficient (Wildman–Crippen LogP) is 1.51. The largest absolute Gasteiger partial charge is 0.367 e. The molecule has 6 heteroatoms. The Morgan fingerprint density at radius 1 is 1.47 bits per heavy atom. The van der Waals surface area contributed by atoms with Crippen LogP contribution in [0.4, 0.5) is 0 Å². The number of morpholine rings is 1. The molecule has 1 fully saturated rings. The van der Waals surface area contributed by atoms with E-state index in [1.54, 1.807) is 0 Å². The maximum atomic E-state index is 6.01. The second-order valence-electron chi connectivity index (χ2n) is 5.42. The predicted molar refractivity (Wildman–Crippen MR) is 71.5 cm³/mol.